The van der Waals surface area contributed by atoms with E-state index in [1.165, 1.54) is 16.3 Å². The highest BCUT2D eigenvalue weighted by Gasteiger charge is 2.18. The molecule has 2 atom stereocenters. The van der Waals surface area contributed by atoms with Gasteiger partial charge in [-0.25, -0.2) is 0 Å². The molecule has 0 bridgehead atoms. The fraction of sp³-hybridized carbons (Fsp3) is 0.261. The summed E-state index contributed by atoms with van der Waals surface area (Å²) in [6.07, 6.45) is 0.606. The lowest BCUT2D eigenvalue weighted by atomic mass is 9.96. The van der Waals surface area contributed by atoms with Crippen molar-refractivity contribution in [3.63, 3.8) is 0 Å². The second-order valence-corrected chi connectivity index (χ2v) is 6.85. The van der Waals surface area contributed by atoms with Crippen LogP contribution in [0.5, 0.6) is 5.75 Å². The molecular formula is C23H26N2O2. The van der Waals surface area contributed by atoms with Crippen molar-refractivity contribution in [3.05, 3.63) is 77.9 Å². The highest BCUT2D eigenvalue weighted by molar-refractivity contribution is 5.86. The molecule has 0 fully saturated rings. The number of hydrogen-bond donors (Lipinski definition) is 2. The molecule has 0 aliphatic carbocycles. The highest BCUT2D eigenvalue weighted by atomic mass is 16.5. The van der Waals surface area contributed by atoms with Gasteiger partial charge in [0.1, 0.15) is 5.75 Å². The maximum absolute atomic E-state index is 11.9. The van der Waals surface area contributed by atoms with Gasteiger partial charge in [-0.15, -0.1) is 0 Å². The van der Waals surface area contributed by atoms with Crippen molar-refractivity contribution in [1.82, 2.24) is 5.32 Å². The zero-order valence-corrected chi connectivity index (χ0v) is 15.8. The Morgan fingerprint density at radius 3 is 2.44 bits per heavy atom. The van der Waals surface area contributed by atoms with Crippen LogP contribution in [0.3, 0.4) is 0 Å². The SMILES string of the molecule is COc1ccc(CC(CNC(C)c2cccc3ccccc23)C(N)=O)cc1. The number of primary amides is 1. The third-order valence-electron chi connectivity index (χ3n) is 5.00. The summed E-state index contributed by atoms with van der Waals surface area (Å²) in [5, 5.41) is 5.93. The molecule has 0 aliphatic heterocycles. The molecule has 3 rings (SSSR count). The Labute approximate surface area is 160 Å². The average Bonchev–Trinajstić information content (AvgIpc) is 2.70. The number of amides is 1. The van der Waals surface area contributed by atoms with Gasteiger partial charge in [0.2, 0.25) is 5.91 Å². The Balaban J connectivity index is 1.68. The van der Waals surface area contributed by atoms with Crippen LogP contribution in [0.15, 0.2) is 66.7 Å². The number of methoxy groups -OCH3 is 1. The van der Waals surface area contributed by atoms with Gasteiger partial charge in [0.05, 0.1) is 13.0 Å². The average molecular weight is 362 g/mol. The quantitative estimate of drug-likeness (QED) is 0.640. The molecule has 4 nitrogen and oxygen atoms in total. The lowest BCUT2D eigenvalue weighted by molar-refractivity contribution is -0.121. The van der Waals surface area contributed by atoms with Crippen molar-refractivity contribution in [2.75, 3.05) is 13.7 Å². The van der Waals surface area contributed by atoms with Crippen LogP contribution in [-0.4, -0.2) is 19.6 Å². The van der Waals surface area contributed by atoms with E-state index in [1.54, 1.807) is 7.11 Å². The number of nitrogens with one attached hydrogen (secondary N) is 1. The summed E-state index contributed by atoms with van der Waals surface area (Å²) in [5.74, 6) is 0.247. The first-order chi connectivity index (χ1) is 13.1. The van der Waals surface area contributed by atoms with Gasteiger partial charge in [-0.3, -0.25) is 4.79 Å². The monoisotopic (exact) mass is 362 g/mol. The minimum absolute atomic E-state index is 0.119. The number of nitrogens with two attached hydrogens (primary N) is 1. The molecule has 0 saturated heterocycles. The van der Waals surface area contributed by atoms with E-state index in [-0.39, 0.29) is 17.9 Å². The number of carbonyl (C=O) groups excluding carboxylic acids is 1. The largest absolute Gasteiger partial charge is 0.497 e. The van der Waals surface area contributed by atoms with Crippen LogP contribution >= 0.6 is 0 Å². The maximum atomic E-state index is 11.9. The molecule has 0 heterocycles. The molecule has 140 valence electrons. The lowest BCUT2D eigenvalue weighted by Crippen LogP contribution is -2.35. The van der Waals surface area contributed by atoms with E-state index in [4.69, 9.17) is 10.5 Å². The smallest absolute Gasteiger partial charge is 0.222 e. The van der Waals surface area contributed by atoms with Crippen LogP contribution in [0.2, 0.25) is 0 Å². The predicted octanol–water partition coefficient (Wildman–Crippen LogP) is 3.84. The number of carbonyl (C=O) groups is 1. The third-order valence-corrected chi connectivity index (χ3v) is 5.00. The third kappa shape index (κ3) is 4.66. The van der Waals surface area contributed by atoms with Gasteiger partial charge in [0, 0.05) is 12.6 Å². The zero-order valence-electron chi connectivity index (χ0n) is 15.8. The highest BCUT2D eigenvalue weighted by Crippen LogP contribution is 2.24. The van der Waals surface area contributed by atoms with Crippen LogP contribution in [-0.2, 0) is 11.2 Å². The van der Waals surface area contributed by atoms with Crippen LogP contribution in [0, 0.1) is 5.92 Å². The summed E-state index contributed by atoms with van der Waals surface area (Å²) in [6.45, 7) is 2.65. The van der Waals surface area contributed by atoms with Crippen LogP contribution in [0.25, 0.3) is 10.8 Å². The van der Waals surface area contributed by atoms with Crippen LogP contribution in [0.4, 0.5) is 0 Å². The van der Waals surface area contributed by atoms with Crippen molar-refractivity contribution >= 4 is 16.7 Å². The summed E-state index contributed by atoms with van der Waals surface area (Å²) in [4.78, 5) is 11.9. The van der Waals surface area contributed by atoms with E-state index >= 15 is 0 Å². The van der Waals surface area contributed by atoms with E-state index < -0.39 is 0 Å². The Hall–Kier alpha value is -2.85. The van der Waals surface area contributed by atoms with E-state index in [2.05, 4.69) is 48.6 Å². The molecule has 1 amide bonds. The van der Waals surface area contributed by atoms with Crippen molar-refractivity contribution in [2.24, 2.45) is 11.7 Å². The summed E-state index contributed by atoms with van der Waals surface area (Å²) in [6, 6.07) is 22.5. The normalized spacial score (nSPS) is 13.3. The van der Waals surface area contributed by atoms with Crippen LogP contribution in [0.1, 0.15) is 24.1 Å². The molecular weight excluding hydrogens is 336 g/mol. The van der Waals surface area contributed by atoms with E-state index in [9.17, 15) is 4.79 Å². The molecule has 0 radical (unpaired) electrons. The first-order valence-corrected chi connectivity index (χ1v) is 9.21. The topological polar surface area (TPSA) is 64.3 Å². The molecule has 0 aliphatic rings. The Morgan fingerprint density at radius 1 is 1.04 bits per heavy atom. The van der Waals surface area contributed by atoms with Crippen molar-refractivity contribution in [3.8, 4) is 5.75 Å². The Morgan fingerprint density at radius 2 is 1.74 bits per heavy atom. The van der Waals surface area contributed by atoms with Gasteiger partial charge < -0.3 is 15.8 Å². The summed E-state index contributed by atoms with van der Waals surface area (Å²) < 4.78 is 5.18. The minimum Gasteiger partial charge on any atom is -0.497 e. The van der Waals surface area contributed by atoms with Gasteiger partial charge in [-0.2, -0.15) is 0 Å². The van der Waals surface area contributed by atoms with Gasteiger partial charge in [-0.05, 0) is 47.4 Å². The van der Waals surface area contributed by atoms with Crippen LogP contribution < -0.4 is 15.8 Å². The first kappa shape index (κ1) is 18.9. The van der Waals surface area contributed by atoms with Gasteiger partial charge in [0.15, 0.2) is 0 Å². The molecule has 4 heteroatoms. The summed E-state index contributed by atoms with van der Waals surface area (Å²) in [5.41, 5.74) is 7.94. The minimum atomic E-state index is -0.288. The fourth-order valence-corrected chi connectivity index (χ4v) is 3.38. The van der Waals surface area contributed by atoms with E-state index in [0.29, 0.717) is 13.0 Å². The fourth-order valence-electron chi connectivity index (χ4n) is 3.38. The zero-order chi connectivity index (χ0) is 19.2. The number of ether oxygens (including phenoxy) is 1. The second kappa shape index (κ2) is 8.69. The molecule has 0 saturated carbocycles. The van der Waals surface area contributed by atoms with Crippen molar-refractivity contribution in [2.45, 2.75) is 19.4 Å². The molecule has 0 spiro atoms. The standard InChI is InChI=1S/C23H26N2O2/c1-16(21-9-5-7-18-6-3-4-8-22(18)21)25-15-19(23(24)26)14-17-10-12-20(27-2)13-11-17/h3-13,16,19,25H,14-15H2,1-2H3,(H2,24,26). The summed E-state index contributed by atoms with van der Waals surface area (Å²) >= 11 is 0. The van der Waals surface area contributed by atoms with E-state index in [0.717, 1.165) is 11.3 Å². The number of benzene rings is 3. The van der Waals surface area contributed by atoms with Gasteiger partial charge in [-0.1, -0.05) is 54.6 Å². The number of rotatable bonds is 8. The molecule has 3 N–H and O–H groups in total. The summed E-state index contributed by atoms with van der Waals surface area (Å²) in [7, 11) is 1.64. The Kier molecular flexibility index (Phi) is 6.09. The second-order valence-electron chi connectivity index (χ2n) is 6.85. The maximum Gasteiger partial charge on any atom is 0.222 e. The van der Waals surface area contributed by atoms with Crippen molar-refractivity contribution < 1.29 is 9.53 Å². The molecule has 3 aromatic carbocycles. The van der Waals surface area contributed by atoms with Crippen molar-refractivity contribution in [1.29, 1.82) is 0 Å². The number of hydrogen-bond acceptors (Lipinski definition) is 3. The van der Waals surface area contributed by atoms with Gasteiger partial charge >= 0.3 is 0 Å². The predicted molar refractivity (Wildman–Crippen MR) is 110 cm³/mol. The first-order valence-electron chi connectivity index (χ1n) is 9.21. The molecule has 3 aromatic rings. The molecule has 2 unspecified atom stereocenters. The Bertz CT molecular complexity index is 900. The van der Waals surface area contributed by atoms with Gasteiger partial charge in [0.25, 0.3) is 0 Å². The molecule has 0 aromatic heterocycles. The number of fused-ring (bicyclic) bond motifs is 1. The van der Waals surface area contributed by atoms with E-state index in [1.807, 2.05) is 30.3 Å². The molecule has 27 heavy (non-hydrogen) atoms. The lowest BCUT2D eigenvalue weighted by Gasteiger charge is -2.20.